The van der Waals surface area contributed by atoms with E-state index in [0.717, 1.165) is 23.4 Å². The van der Waals surface area contributed by atoms with Gasteiger partial charge in [-0.1, -0.05) is 50.2 Å². The Bertz CT molecular complexity index is 984. The second-order valence-electron chi connectivity index (χ2n) is 7.24. The predicted octanol–water partition coefficient (Wildman–Crippen LogP) is 4.20. The zero-order chi connectivity index (χ0) is 20.3. The van der Waals surface area contributed by atoms with Crippen molar-refractivity contribution in [2.24, 2.45) is 5.92 Å². The van der Waals surface area contributed by atoms with E-state index in [0.29, 0.717) is 28.2 Å². The van der Waals surface area contributed by atoms with Crippen LogP contribution in [0.4, 0.5) is 0 Å². The molecular weight excluding hydrogens is 370 g/mol. The zero-order valence-corrected chi connectivity index (χ0v) is 17.9. The normalized spacial score (nSPS) is 13.5. The van der Waals surface area contributed by atoms with Crippen LogP contribution in [0.1, 0.15) is 54.5 Å². The first-order valence-corrected chi connectivity index (χ1v) is 10.6. The van der Waals surface area contributed by atoms with E-state index in [1.807, 2.05) is 44.2 Å². The summed E-state index contributed by atoms with van der Waals surface area (Å²) in [7, 11) is 0. The summed E-state index contributed by atoms with van der Waals surface area (Å²) in [4.78, 5) is 21.7. The van der Waals surface area contributed by atoms with E-state index < -0.39 is 0 Å². The van der Waals surface area contributed by atoms with E-state index in [1.165, 1.54) is 11.8 Å². The fourth-order valence-electron chi connectivity index (χ4n) is 3.00. The largest absolute Gasteiger partial charge is 0.349 e. The molecule has 1 N–H and O–H groups in total. The molecule has 148 valence electrons. The quantitative estimate of drug-likeness (QED) is 0.605. The number of hydrogen-bond donors (Lipinski definition) is 1. The molecular formula is C21H27N5OS. The van der Waals surface area contributed by atoms with Crippen LogP contribution in [0.5, 0.6) is 0 Å². The first-order valence-electron chi connectivity index (χ1n) is 9.61. The van der Waals surface area contributed by atoms with E-state index in [1.54, 1.807) is 4.52 Å². The summed E-state index contributed by atoms with van der Waals surface area (Å²) in [6.45, 7) is 10.3. The molecule has 0 saturated carbocycles. The highest BCUT2D eigenvalue weighted by atomic mass is 32.2. The van der Waals surface area contributed by atoms with Gasteiger partial charge in [0.25, 0.3) is 11.7 Å². The Labute approximate surface area is 170 Å². The fourth-order valence-corrected chi connectivity index (χ4v) is 3.82. The number of nitrogens with one attached hydrogen (secondary N) is 1. The SMILES string of the molecule is CC[C@H](C)[C@H](C)NC(=O)c1ccccc1CSc1nc2nc(C)cc(C)n2n1. The molecule has 0 spiro atoms. The van der Waals surface area contributed by atoms with Gasteiger partial charge in [-0.2, -0.15) is 4.98 Å². The van der Waals surface area contributed by atoms with E-state index in [2.05, 4.69) is 41.2 Å². The van der Waals surface area contributed by atoms with Crippen molar-refractivity contribution in [2.45, 2.75) is 58.0 Å². The number of rotatable bonds is 7. The Balaban J connectivity index is 1.75. The summed E-state index contributed by atoms with van der Waals surface area (Å²) in [5.74, 6) is 1.64. The van der Waals surface area contributed by atoms with Crippen LogP contribution in [0.3, 0.4) is 0 Å². The summed E-state index contributed by atoms with van der Waals surface area (Å²) in [6.07, 6.45) is 1.03. The van der Waals surface area contributed by atoms with Gasteiger partial charge < -0.3 is 5.32 Å². The average molecular weight is 398 g/mol. The maximum Gasteiger partial charge on any atom is 0.253 e. The summed E-state index contributed by atoms with van der Waals surface area (Å²) < 4.78 is 1.75. The van der Waals surface area contributed by atoms with Crippen molar-refractivity contribution < 1.29 is 4.79 Å². The lowest BCUT2D eigenvalue weighted by Gasteiger charge is -2.20. The minimum atomic E-state index is -0.0277. The van der Waals surface area contributed by atoms with Crippen LogP contribution in [-0.4, -0.2) is 31.5 Å². The lowest BCUT2D eigenvalue weighted by molar-refractivity contribution is 0.0927. The molecule has 2 aromatic heterocycles. The molecule has 0 saturated heterocycles. The predicted molar refractivity (Wildman–Crippen MR) is 113 cm³/mol. The maximum atomic E-state index is 12.8. The number of carbonyl (C=O) groups is 1. The van der Waals surface area contributed by atoms with Crippen LogP contribution in [0.2, 0.25) is 0 Å². The van der Waals surface area contributed by atoms with E-state index in [9.17, 15) is 4.79 Å². The molecule has 0 bridgehead atoms. The van der Waals surface area contributed by atoms with Gasteiger partial charge in [0.1, 0.15) is 0 Å². The maximum absolute atomic E-state index is 12.8. The van der Waals surface area contributed by atoms with Crippen LogP contribution in [0, 0.1) is 19.8 Å². The van der Waals surface area contributed by atoms with Gasteiger partial charge in [0.15, 0.2) is 0 Å². The standard InChI is InChI=1S/C21H27N5OS/c1-6-13(2)16(5)23-19(27)18-10-8-7-9-17(18)12-28-21-24-20-22-14(3)11-15(4)26(20)25-21/h7-11,13,16H,6,12H2,1-5H3,(H,23,27)/t13-,16-/m0/s1. The fraction of sp³-hybridized carbons (Fsp3) is 0.429. The summed E-state index contributed by atoms with van der Waals surface area (Å²) >= 11 is 1.51. The second-order valence-corrected chi connectivity index (χ2v) is 8.18. The van der Waals surface area contributed by atoms with Gasteiger partial charge in [0.05, 0.1) is 0 Å². The molecule has 7 heteroatoms. The van der Waals surface area contributed by atoms with Gasteiger partial charge in [0.2, 0.25) is 5.16 Å². The molecule has 0 fully saturated rings. The molecule has 2 heterocycles. The Hall–Kier alpha value is -2.41. The zero-order valence-electron chi connectivity index (χ0n) is 17.1. The van der Waals surface area contributed by atoms with Crippen molar-refractivity contribution in [1.82, 2.24) is 24.9 Å². The highest BCUT2D eigenvalue weighted by Gasteiger charge is 2.17. The van der Waals surface area contributed by atoms with Crippen LogP contribution >= 0.6 is 11.8 Å². The number of fused-ring (bicyclic) bond motifs is 1. The molecule has 0 unspecified atom stereocenters. The molecule has 28 heavy (non-hydrogen) atoms. The third kappa shape index (κ3) is 4.52. The van der Waals surface area contributed by atoms with Crippen molar-refractivity contribution in [1.29, 1.82) is 0 Å². The third-order valence-electron chi connectivity index (χ3n) is 5.07. The number of thioether (sulfide) groups is 1. The van der Waals surface area contributed by atoms with Gasteiger partial charge in [-0.25, -0.2) is 9.50 Å². The van der Waals surface area contributed by atoms with Crippen molar-refractivity contribution in [3.8, 4) is 0 Å². The van der Waals surface area contributed by atoms with Crippen molar-refractivity contribution in [3.63, 3.8) is 0 Å². The highest BCUT2D eigenvalue weighted by molar-refractivity contribution is 7.98. The lowest BCUT2D eigenvalue weighted by atomic mass is 10.00. The minimum Gasteiger partial charge on any atom is -0.349 e. The van der Waals surface area contributed by atoms with Crippen LogP contribution in [0.25, 0.3) is 5.78 Å². The van der Waals surface area contributed by atoms with E-state index in [-0.39, 0.29) is 11.9 Å². The Morgan fingerprint density at radius 1 is 1.21 bits per heavy atom. The number of hydrogen-bond acceptors (Lipinski definition) is 5. The number of aryl methyl sites for hydroxylation is 2. The van der Waals surface area contributed by atoms with Gasteiger partial charge in [-0.15, -0.1) is 5.10 Å². The molecule has 2 atom stereocenters. The number of nitrogens with zero attached hydrogens (tertiary/aromatic N) is 4. The van der Waals surface area contributed by atoms with E-state index in [4.69, 9.17) is 0 Å². The van der Waals surface area contributed by atoms with Gasteiger partial charge >= 0.3 is 0 Å². The number of aromatic nitrogens is 4. The summed E-state index contributed by atoms with van der Waals surface area (Å²) in [5, 5.41) is 8.31. The smallest absolute Gasteiger partial charge is 0.253 e. The average Bonchev–Trinajstić information content (AvgIpc) is 3.09. The van der Waals surface area contributed by atoms with Crippen molar-refractivity contribution >= 4 is 23.4 Å². The molecule has 6 nitrogen and oxygen atoms in total. The summed E-state index contributed by atoms with van der Waals surface area (Å²) in [6, 6.07) is 9.83. The van der Waals surface area contributed by atoms with E-state index >= 15 is 0 Å². The first-order chi connectivity index (χ1) is 13.4. The molecule has 3 rings (SSSR count). The lowest BCUT2D eigenvalue weighted by Crippen LogP contribution is -2.37. The second kappa shape index (κ2) is 8.73. The molecule has 1 aromatic carbocycles. The Morgan fingerprint density at radius 3 is 2.71 bits per heavy atom. The number of carbonyl (C=O) groups excluding carboxylic acids is 1. The van der Waals surface area contributed by atoms with Crippen LogP contribution < -0.4 is 5.32 Å². The number of amides is 1. The Kier molecular flexibility index (Phi) is 6.34. The van der Waals surface area contributed by atoms with Crippen molar-refractivity contribution in [3.05, 3.63) is 52.8 Å². The number of benzene rings is 1. The molecule has 0 aliphatic carbocycles. The molecule has 3 aromatic rings. The molecule has 0 aliphatic heterocycles. The first kappa shape index (κ1) is 20.3. The van der Waals surface area contributed by atoms with Crippen molar-refractivity contribution in [2.75, 3.05) is 0 Å². The molecule has 0 aliphatic rings. The molecule has 0 radical (unpaired) electrons. The monoisotopic (exact) mass is 397 g/mol. The van der Waals surface area contributed by atoms with Gasteiger partial charge in [0, 0.05) is 28.7 Å². The minimum absolute atomic E-state index is 0.0277. The topological polar surface area (TPSA) is 72.2 Å². The summed E-state index contributed by atoms with van der Waals surface area (Å²) in [5.41, 5.74) is 3.60. The van der Waals surface area contributed by atoms with Gasteiger partial charge in [-0.3, -0.25) is 4.79 Å². The Morgan fingerprint density at radius 2 is 1.96 bits per heavy atom. The van der Waals surface area contributed by atoms with Crippen LogP contribution in [0.15, 0.2) is 35.5 Å². The molecule has 1 amide bonds. The van der Waals surface area contributed by atoms with Gasteiger partial charge in [-0.05, 0) is 44.4 Å². The third-order valence-corrected chi connectivity index (χ3v) is 5.96. The van der Waals surface area contributed by atoms with Crippen LogP contribution in [-0.2, 0) is 5.75 Å². The highest BCUT2D eigenvalue weighted by Crippen LogP contribution is 2.23.